The summed E-state index contributed by atoms with van der Waals surface area (Å²) in [5.41, 5.74) is 3.55. The molecule has 0 aliphatic carbocycles. The minimum Gasteiger partial charge on any atom is -0.507 e. The van der Waals surface area contributed by atoms with Crippen LogP contribution in [0.2, 0.25) is 0 Å². The number of anilines is 1. The van der Waals surface area contributed by atoms with Gasteiger partial charge in [-0.15, -0.1) is 0 Å². The van der Waals surface area contributed by atoms with Gasteiger partial charge in [0, 0.05) is 10.0 Å². The molecule has 0 heterocycles. The number of nitrogens with zero attached hydrogens (tertiary/aromatic N) is 2. The fourth-order valence-electron chi connectivity index (χ4n) is 2.79. The standard InChI is InChI=1S/C22H20BrN3O4S/c1-16(20-9-5-6-10-21(20)27)24-25-22(28)15-26(18-13-11-17(23)12-14-18)31(29,30)19-7-3-2-4-8-19/h2-14,27H,15H2,1H3,(H,25,28)/b24-16-. The number of benzene rings is 3. The van der Waals surface area contributed by atoms with E-state index < -0.39 is 22.5 Å². The van der Waals surface area contributed by atoms with Crippen molar-refractivity contribution in [3.05, 3.63) is 88.9 Å². The smallest absolute Gasteiger partial charge is 0.264 e. The van der Waals surface area contributed by atoms with Crippen molar-refractivity contribution < 1.29 is 18.3 Å². The molecule has 9 heteroatoms. The van der Waals surface area contributed by atoms with E-state index in [-0.39, 0.29) is 10.6 Å². The number of hydrazone groups is 1. The van der Waals surface area contributed by atoms with Gasteiger partial charge in [-0.05, 0) is 55.5 Å². The number of carbonyl (C=O) groups excluding carboxylic acids is 1. The number of amides is 1. The van der Waals surface area contributed by atoms with Gasteiger partial charge in [-0.25, -0.2) is 13.8 Å². The number of nitrogens with one attached hydrogen (secondary N) is 1. The Hall–Kier alpha value is -3.17. The molecule has 0 aliphatic rings. The molecule has 0 spiro atoms. The zero-order chi connectivity index (χ0) is 22.4. The van der Waals surface area contributed by atoms with E-state index in [9.17, 15) is 18.3 Å². The zero-order valence-electron chi connectivity index (χ0n) is 16.6. The second-order valence-electron chi connectivity index (χ2n) is 6.55. The molecule has 1 amide bonds. The van der Waals surface area contributed by atoms with Crippen molar-refractivity contribution in [1.29, 1.82) is 0 Å². The lowest BCUT2D eigenvalue weighted by molar-refractivity contribution is -0.119. The fraction of sp³-hybridized carbons (Fsp3) is 0.0909. The van der Waals surface area contributed by atoms with Crippen molar-refractivity contribution in [3.8, 4) is 5.75 Å². The lowest BCUT2D eigenvalue weighted by atomic mass is 10.1. The van der Waals surface area contributed by atoms with Gasteiger partial charge in [-0.2, -0.15) is 5.10 Å². The molecule has 3 aromatic rings. The van der Waals surface area contributed by atoms with Crippen LogP contribution in [-0.2, 0) is 14.8 Å². The molecule has 160 valence electrons. The number of para-hydroxylation sites is 1. The third kappa shape index (κ3) is 5.50. The molecule has 0 aromatic heterocycles. The minimum absolute atomic E-state index is 0.0288. The molecule has 0 atom stereocenters. The van der Waals surface area contributed by atoms with Crippen LogP contribution in [0.4, 0.5) is 5.69 Å². The highest BCUT2D eigenvalue weighted by atomic mass is 79.9. The van der Waals surface area contributed by atoms with Crippen LogP contribution in [0.25, 0.3) is 0 Å². The van der Waals surface area contributed by atoms with E-state index >= 15 is 0 Å². The summed E-state index contributed by atoms with van der Waals surface area (Å²) in [6.07, 6.45) is 0. The summed E-state index contributed by atoms with van der Waals surface area (Å²) in [4.78, 5) is 12.7. The first-order valence-electron chi connectivity index (χ1n) is 9.24. The second-order valence-corrected chi connectivity index (χ2v) is 9.33. The molecule has 0 radical (unpaired) electrons. The van der Waals surface area contributed by atoms with Gasteiger partial charge in [0.25, 0.3) is 15.9 Å². The molecule has 0 fully saturated rings. The Morgan fingerprint density at radius 1 is 1.00 bits per heavy atom. The predicted octanol–water partition coefficient (Wildman–Crippen LogP) is 3.89. The number of aromatic hydroxyl groups is 1. The number of rotatable bonds is 7. The van der Waals surface area contributed by atoms with Crippen LogP contribution in [0, 0.1) is 0 Å². The third-order valence-corrected chi connectivity index (χ3v) is 6.69. The van der Waals surface area contributed by atoms with E-state index in [1.807, 2.05) is 0 Å². The number of phenols is 1. The average Bonchev–Trinajstić information content (AvgIpc) is 2.77. The van der Waals surface area contributed by atoms with E-state index in [1.165, 1.54) is 18.2 Å². The number of phenolic OH excluding ortho intramolecular Hbond substituents is 1. The quantitative estimate of drug-likeness (QED) is 0.378. The van der Waals surface area contributed by atoms with Crippen LogP contribution in [0.5, 0.6) is 5.75 Å². The molecule has 3 rings (SSSR count). The predicted molar refractivity (Wildman–Crippen MR) is 124 cm³/mol. The fourth-order valence-corrected chi connectivity index (χ4v) is 4.50. The summed E-state index contributed by atoms with van der Waals surface area (Å²) >= 11 is 3.32. The highest BCUT2D eigenvalue weighted by Crippen LogP contribution is 2.25. The van der Waals surface area contributed by atoms with Crippen molar-refractivity contribution in [1.82, 2.24) is 5.43 Å². The molecular weight excluding hydrogens is 482 g/mol. The highest BCUT2D eigenvalue weighted by molar-refractivity contribution is 9.10. The maximum absolute atomic E-state index is 13.2. The van der Waals surface area contributed by atoms with Gasteiger partial charge in [-0.1, -0.05) is 46.3 Å². The Morgan fingerprint density at radius 2 is 1.61 bits per heavy atom. The van der Waals surface area contributed by atoms with Crippen LogP contribution >= 0.6 is 15.9 Å². The van der Waals surface area contributed by atoms with Gasteiger partial charge in [0.15, 0.2) is 0 Å². The van der Waals surface area contributed by atoms with Crippen LogP contribution in [0.1, 0.15) is 12.5 Å². The average molecular weight is 502 g/mol. The summed E-state index contributed by atoms with van der Waals surface area (Å²) in [7, 11) is -3.99. The second kappa shape index (κ2) is 9.76. The SMILES string of the molecule is C/C(=N/NC(=O)CN(c1ccc(Br)cc1)S(=O)(=O)c1ccccc1)c1ccccc1O. The van der Waals surface area contributed by atoms with E-state index in [0.29, 0.717) is 17.0 Å². The van der Waals surface area contributed by atoms with E-state index in [2.05, 4.69) is 26.5 Å². The normalized spacial score (nSPS) is 11.7. The molecular formula is C22H20BrN3O4S. The Bertz CT molecular complexity index is 1200. The van der Waals surface area contributed by atoms with Gasteiger partial charge in [0.2, 0.25) is 0 Å². The first-order valence-corrected chi connectivity index (χ1v) is 11.5. The number of halogens is 1. The van der Waals surface area contributed by atoms with Gasteiger partial charge < -0.3 is 5.11 Å². The van der Waals surface area contributed by atoms with Crippen molar-refractivity contribution in [2.45, 2.75) is 11.8 Å². The number of hydrogen-bond donors (Lipinski definition) is 2. The number of carbonyl (C=O) groups is 1. The van der Waals surface area contributed by atoms with Gasteiger partial charge in [-0.3, -0.25) is 9.10 Å². The summed E-state index contributed by atoms with van der Waals surface area (Å²) in [6, 6.07) is 21.1. The molecule has 0 unspecified atom stereocenters. The third-order valence-electron chi connectivity index (χ3n) is 4.38. The lowest BCUT2D eigenvalue weighted by Gasteiger charge is -2.23. The molecule has 31 heavy (non-hydrogen) atoms. The topological polar surface area (TPSA) is 99.1 Å². The molecule has 0 bridgehead atoms. The van der Waals surface area contributed by atoms with Crippen LogP contribution in [0.15, 0.2) is 93.3 Å². The van der Waals surface area contributed by atoms with Crippen molar-refractivity contribution in [3.63, 3.8) is 0 Å². The molecule has 0 saturated carbocycles. The van der Waals surface area contributed by atoms with Gasteiger partial charge in [0.05, 0.1) is 16.3 Å². The zero-order valence-corrected chi connectivity index (χ0v) is 19.0. The van der Waals surface area contributed by atoms with Crippen molar-refractivity contribution >= 4 is 43.3 Å². The van der Waals surface area contributed by atoms with E-state index in [0.717, 1.165) is 8.78 Å². The van der Waals surface area contributed by atoms with Crippen LogP contribution < -0.4 is 9.73 Å². The highest BCUT2D eigenvalue weighted by Gasteiger charge is 2.27. The lowest BCUT2D eigenvalue weighted by Crippen LogP contribution is -2.39. The Morgan fingerprint density at radius 3 is 2.26 bits per heavy atom. The molecule has 3 aromatic carbocycles. The van der Waals surface area contributed by atoms with E-state index in [4.69, 9.17) is 0 Å². The number of hydrogen-bond acceptors (Lipinski definition) is 5. The summed E-state index contributed by atoms with van der Waals surface area (Å²) in [6.45, 7) is 1.15. The van der Waals surface area contributed by atoms with Crippen LogP contribution in [-0.4, -0.2) is 31.7 Å². The molecule has 0 aliphatic heterocycles. The summed E-state index contributed by atoms with van der Waals surface area (Å²) in [5.74, 6) is -0.599. The van der Waals surface area contributed by atoms with Gasteiger partial charge in [0.1, 0.15) is 12.3 Å². The maximum Gasteiger partial charge on any atom is 0.264 e. The molecule has 0 saturated heterocycles. The maximum atomic E-state index is 13.2. The van der Waals surface area contributed by atoms with E-state index in [1.54, 1.807) is 67.6 Å². The number of sulfonamides is 1. The summed E-state index contributed by atoms with van der Waals surface area (Å²) < 4.78 is 28.2. The Balaban J connectivity index is 1.87. The molecule has 7 nitrogen and oxygen atoms in total. The largest absolute Gasteiger partial charge is 0.507 e. The minimum atomic E-state index is -3.99. The molecule has 2 N–H and O–H groups in total. The van der Waals surface area contributed by atoms with Gasteiger partial charge >= 0.3 is 0 Å². The Kier molecular flexibility index (Phi) is 7.09. The Labute approximate surface area is 189 Å². The van der Waals surface area contributed by atoms with Crippen molar-refractivity contribution in [2.75, 3.05) is 10.8 Å². The van der Waals surface area contributed by atoms with Crippen molar-refractivity contribution in [2.24, 2.45) is 5.10 Å². The van der Waals surface area contributed by atoms with Crippen LogP contribution in [0.3, 0.4) is 0 Å². The monoisotopic (exact) mass is 501 g/mol. The summed E-state index contributed by atoms with van der Waals surface area (Å²) in [5, 5.41) is 13.9. The first-order chi connectivity index (χ1) is 14.8. The first kappa shape index (κ1) is 22.5.